The third kappa shape index (κ3) is 3.48. The van der Waals surface area contributed by atoms with Gasteiger partial charge in [0.25, 0.3) is 11.5 Å². The molecule has 2 N–H and O–H groups in total. The molecular formula is C20H25N5O2S. The zero-order valence-electron chi connectivity index (χ0n) is 16.5. The van der Waals surface area contributed by atoms with Crippen LogP contribution in [-0.2, 0) is 19.4 Å². The first kappa shape index (κ1) is 18.9. The molecule has 8 heteroatoms. The highest BCUT2D eigenvalue weighted by Crippen LogP contribution is 2.28. The van der Waals surface area contributed by atoms with Gasteiger partial charge in [0.2, 0.25) is 0 Å². The van der Waals surface area contributed by atoms with Gasteiger partial charge in [0.15, 0.2) is 0 Å². The van der Waals surface area contributed by atoms with Crippen molar-refractivity contribution in [2.45, 2.75) is 65.5 Å². The highest BCUT2D eigenvalue weighted by Gasteiger charge is 2.23. The molecule has 3 aromatic heterocycles. The zero-order valence-corrected chi connectivity index (χ0v) is 17.3. The van der Waals surface area contributed by atoms with Crippen molar-refractivity contribution in [3.05, 3.63) is 44.1 Å². The number of H-pyrrole nitrogens is 1. The predicted octanol–water partition coefficient (Wildman–Crippen LogP) is 2.89. The number of aryl methyl sites for hydroxylation is 3. The minimum Gasteiger partial charge on any atom is -0.348 e. The zero-order chi connectivity index (χ0) is 19.8. The van der Waals surface area contributed by atoms with E-state index in [1.54, 1.807) is 4.57 Å². The Morgan fingerprint density at radius 3 is 2.93 bits per heavy atom. The number of hydrogen-bond acceptors (Lipinski definition) is 5. The maximum Gasteiger partial charge on any atom is 0.262 e. The largest absolute Gasteiger partial charge is 0.348 e. The van der Waals surface area contributed by atoms with Crippen molar-refractivity contribution in [2.75, 3.05) is 0 Å². The molecule has 148 valence electrons. The van der Waals surface area contributed by atoms with Gasteiger partial charge in [-0.1, -0.05) is 6.42 Å². The number of aromatic amines is 1. The van der Waals surface area contributed by atoms with Crippen LogP contribution in [0.2, 0.25) is 0 Å². The van der Waals surface area contributed by atoms with E-state index >= 15 is 0 Å². The molecule has 0 unspecified atom stereocenters. The van der Waals surface area contributed by atoms with Crippen LogP contribution >= 0.6 is 11.3 Å². The van der Waals surface area contributed by atoms with Crippen molar-refractivity contribution < 1.29 is 4.79 Å². The third-order valence-electron chi connectivity index (χ3n) is 5.27. The first-order chi connectivity index (χ1) is 13.4. The Morgan fingerprint density at radius 2 is 2.18 bits per heavy atom. The van der Waals surface area contributed by atoms with Gasteiger partial charge in [-0.25, -0.2) is 4.98 Å². The Balaban J connectivity index is 1.61. The number of amides is 1. The molecule has 1 aliphatic heterocycles. The van der Waals surface area contributed by atoms with Crippen LogP contribution in [0.1, 0.15) is 58.6 Å². The molecule has 1 aliphatic rings. The minimum absolute atomic E-state index is 0.00486. The Labute approximate surface area is 167 Å². The van der Waals surface area contributed by atoms with E-state index in [1.807, 2.05) is 26.8 Å². The van der Waals surface area contributed by atoms with Crippen molar-refractivity contribution >= 4 is 27.5 Å². The van der Waals surface area contributed by atoms with E-state index in [4.69, 9.17) is 4.98 Å². The molecule has 0 saturated carbocycles. The molecule has 1 amide bonds. The lowest BCUT2D eigenvalue weighted by Gasteiger charge is -2.12. The maximum atomic E-state index is 13.0. The SMILES string of the molecule is Cc1cc(C[C@H](C)NC(=O)c2sc3nc4n(c(=O)c3c2C)CCCCC4)n[nH]1. The van der Waals surface area contributed by atoms with Crippen molar-refractivity contribution in [2.24, 2.45) is 0 Å². The standard InChI is InChI=1S/C20H25N5O2S/c1-11(9-14-10-12(2)23-24-14)21-18(26)17-13(3)16-19(28-17)22-15-7-5-4-6-8-25(15)20(16)27/h10-11H,4-9H2,1-3H3,(H,21,26)(H,23,24)/t11-/m0/s1. The summed E-state index contributed by atoms with van der Waals surface area (Å²) in [7, 11) is 0. The summed E-state index contributed by atoms with van der Waals surface area (Å²) in [4.78, 5) is 31.9. The van der Waals surface area contributed by atoms with Crippen LogP contribution in [-0.4, -0.2) is 31.7 Å². The third-order valence-corrected chi connectivity index (χ3v) is 6.45. The number of hydrogen-bond donors (Lipinski definition) is 2. The highest BCUT2D eigenvalue weighted by atomic mass is 32.1. The first-order valence-electron chi connectivity index (χ1n) is 9.78. The van der Waals surface area contributed by atoms with Crippen LogP contribution < -0.4 is 10.9 Å². The fourth-order valence-corrected chi connectivity index (χ4v) is 4.95. The molecule has 0 bridgehead atoms. The van der Waals surface area contributed by atoms with Gasteiger partial charge >= 0.3 is 0 Å². The maximum absolute atomic E-state index is 13.0. The van der Waals surface area contributed by atoms with Gasteiger partial charge in [-0.2, -0.15) is 5.10 Å². The van der Waals surface area contributed by atoms with Gasteiger partial charge in [0.1, 0.15) is 10.7 Å². The van der Waals surface area contributed by atoms with Gasteiger partial charge < -0.3 is 5.32 Å². The summed E-state index contributed by atoms with van der Waals surface area (Å²) < 4.78 is 1.80. The van der Waals surface area contributed by atoms with Crippen molar-refractivity contribution in [1.82, 2.24) is 25.1 Å². The van der Waals surface area contributed by atoms with E-state index in [2.05, 4.69) is 15.5 Å². The highest BCUT2D eigenvalue weighted by molar-refractivity contribution is 7.20. The average Bonchev–Trinajstić information content (AvgIpc) is 3.09. The van der Waals surface area contributed by atoms with E-state index in [9.17, 15) is 9.59 Å². The Bertz CT molecular complexity index is 1090. The Morgan fingerprint density at radius 1 is 1.36 bits per heavy atom. The van der Waals surface area contributed by atoms with Gasteiger partial charge in [-0.3, -0.25) is 19.3 Å². The molecule has 4 rings (SSSR count). The second kappa shape index (κ2) is 7.50. The van der Waals surface area contributed by atoms with Crippen LogP contribution in [0, 0.1) is 13.8 Å². The fourth-order valence-electron chi connectivity index (χ4n) is 3.86. The summed E-state index contributed by atoms with van der Waals surface area (Å²) >= 11 is 1.32. The van der Waals surface area contributed by atoms with E-state index in [-0.39, 0.29) is 17.5 Å². The monoisotopic (exact) mass is 399 g/mol. The summed E-state index contributed by atoms with van der Waals surface area (Å²) in [6.45, 7) is 6.48. The quantitative estimate of drug-likeness (QED) is 0.705. The summed E-state index contributed by atoms with van der Waals surface area (Å²) in [6, 6.07) is 1.91. The van der Waals surface area contributed by atoms with Gasteiger partial charge in [0.05, 0.1) is 16.0 Å². The molecule has 7 nitrogen and oxygen atoms in total. The fraction of sp³-hybridized carbons (Fsp3) is 0.500. The molecule has 0 aromatic carbocycles. The number of rotatable bonds is 4. The lowest BCUT2D eigenvalue weighted by Crippen LogP contribution is -2.34. The van der Waals surface area contributed by atoms with Crippen molar-refractivity contribution in [1.29, 1.82) is 0 Å². The Hall–Kier alpha value is -2.48. The molecular weight excluding hydrogens is 374 g/mol. The van der Waals surface area contributed by atoms with Crippen LogP contribution in [0.4, 0.5) is 0 Å². The second-order valence-electron chi connectivity index (χ2n) is 7.65. The Kier molecular flexibility index (Phi) is 5.05. The molecule has 28 heavy (non-hydrogen) atoms. The van der Waals surface area contributed by atoms with Crippen LogP contribution in [0.5, 0.6) is 0 Å². The number of carbonyl (C=O) groups is 1. The summed E-state index contributed by atoms with van der Waals surface area (Å²) in [6.07, 6.45) is 4.65. The summed E-state index contributed by atoms with van der Waals surface area (Å²) in [5.74, 6) is 0.699. The molecule has 4 heterocycles. The van der Waals surface area contributed by atoms with Gasteiger partial charge in [-0.05, 0) is 45.2 Å². The number of carbonyl (C=O) groups excluding carboxylic acids is 1. The average molecular weight is 400 g/mol. The predicted molar refractivity (Wildman–Crippen MR) is 110 cm³/mol. The van der Waals surface area contributed by atoms with Crippen molar-refractivity contribution in [3.8, 4) is 0 Å². The van der Waals surface area contributed by atoms with Crippen molar-refractivity contribution in [3.63, 3.8) is 0 Å². The molecule has 0 saturated heterocycles. The van der Waals surface area contributed by atoms with E-state index in [1.165, 1.54) is 11.3 Å². The molecule has 0 radical (unpaired) electrons. The van der Waals surface area contributed by atoms with E-state index in [0.29, 0.717) is 28.1 Å². The number of nitrogens with zero attached hydrogens (tertiary/aromatic N) is 3. The van der Waals surface area contributed by atoms with Crippen LogP contribution in [0.25, 0.3) is 10.2 Å². The normalized spacial score (nSPS) is 15.2. The summed E-state index contributed by atoms with van der Waals surface area (Å²) in [5.41, 5.74) is 2.65. The van der Waals surface area contributed by atoms with E-state index < -0.39 is 0 Å². The van der Waals surface area contributed by atoms with E-state index in [0.717, 1.165) is 48.5 Å². The van der Waals surface area contributed by atoms with Gasteiger partial charge in [0, 0.05) is 31.1 Å². The smallest absolute Gasteiger partial charge is 0.262 e. The topological polar surface area (TPSA) is 92.7 Å². The molecule has 1 atom stereocenters. The lowest BCUT2D eigenvalue weighted by atomic mass is 10.1. The van der Waals surface area contributed by atoms with Gasteiger partial charge in [-0.15, -0.1) is 11.3 Å². The molecule has 0 fully saturated rings. The number of fused-ring (bicyclic) bond motifs is 2. The van der Waals surface area contributed by atoms with Crippen LogP contribution in [0.15, 0.2) is 10.9 Å². The second-order valence-corrected chi connectivity index (χ2v) is 8.65. The first-order valence-corrected chi connectivity index (χ1v) is 10.6. The molecule has 0 aliphatic carbocycles. The number of nitrogens with one attached hydrogen (secondary N) is 2. The number of aromatic nitrogens is 4. The minimum atomic E-state index is -0.153. The summed E-state index contributed by atoms with van der Waals surface area (Å²) in [5, 5.41) is 10.8. The lowest BCUT2D eigenvalue weighted by molar-refractivity contribution is 0.0943. The van der Waals surface area contributed by atoms with Crippen LogP contribution in [0.3, 0.4) is 0 Å². The number of thiophene rings is 1. The molecule has 0 spiro atoms. The molecule has 3 aromatic rings.